The molecule has 2 aromatic rings. The van der Waals surface area contributed by atoms with Crippen LogP contribution in [0.2, 0.25) is 0 Å². The molecule has 0 unspecified atom stereocenters. The van der Waals surface area contributed by atoms with E-state index in [0.717, 1.165) is 25.2 Å². The van der Waals surface area contributed by atoms with Crippen molar-refractivity contribution in [1.82, 2.24) is 9.88 Å². The maximum absolute atomic E-state index is 8.82. The first-order valence-corrected chi connectivity index (χ1v) is 6.16. The van der Waals surface area contributed by atoms with Gasteiger partial charge in [-0.25, -0.2) is 0 Å². The summed E-state index contributed by atoms with van der Waals surface area (Å²) in [7, 11) is 0. The summed E-state index contributed by atoms with van der Waals surface area (Å²) in [6, 6.07) is 12.0. The fraction of sp³-hybridized carbons (Fsp3) is 0.267. The predicted molar refractivity (Wildman–Crippen MR) is 71.8 cm³/mol. The zero-order chi connectivity index (χ0) is 12.8. The number of rotatable bonds is 5. The van der Waals surface area contributed by atoms with Gasteiger partial charge in [-0.1, -0.05) is 12.1 Å². The minimum absolute atomic E-state index is 0.714. The van der Waals surface area contributed by atoms with Crippen LogP contribution in [0.5, 0.6) is 0 Å². The number of nitriles is 1. The lowest BCUT2D eigenvalue weighted by Crippen LogP contribution is -2.12. The zero-order valence-corrected chi connectivity index (χ0v) is 10.6. The SMILES string of the molecule is CCn1ccc(CNCc2cccc(C#N)c2)c1. The number of aromatic nitrogens is 1. The fourth-order valence-electron chi connectivity index (χ4n) is 1.89. The van der Waals surface area contributed by atoms with Crippen LogP contribution in [0.3, 0.4) is 0 Å². The molecular weight excluding hydrogens is 222 g/mol. The molecule has 0 aliphatic heterocycles. The first-order valence-electron chi connectivity index (χ1n) is 6.16. The molecule has 0 saturated carbocycles. The Bertz CT molecular complexity index is 549. The molecule has 2 rings (SSSR count). The van der Waals surface area contributed by atoms with Crippen LogP contribution in [0, 0.1) is 11.3 Å². The predicted octanol–water partition coefficient (Wildman–Crippen LogP) is 2.67. The lowest BCUT2D eigenvalue weighted by molar-refractivity contribution is 0.688. The molecule has 3 nitrogen and oxygen atoms in total. The van der Waals surface area contributed by atoms with Gasteiger partial charge in [-0.15, -0.1) is 0 Å². The van der Waals surface area contributed by atoms with E-state index in [1.165, 1.54) is 5.56 Å². The number of aryl methyl sites for hydroxylation is 1. The molecular formula is C15H17N3. The standard InChI is InChI=1S/C15H17N3/c1-2-18-7-6-15(12-18)11-17-10-14-5-3-4-13(8-14)9-16/h3-8,12,17H,2,10-11H2,1H3. The Labute approximate surface area is 108 Å². The van der Waals surface area contributed by atoms with E-state index in [0.29, 0.717) is 5.56 Å². The smallest absolute Gasteiger partial charge is 0.0991 e. The highest BCUT2D eigenvalue weighted by Gasteiger charge is 1.97. The van der Waals surface area contributed by atoms with Crippen molar-refractivity contribution in [3.05, 3.63) is 59.4 Å². The number of nitrogens with zero attached hydrogens (tertiary/aromatic N) is 2. The van der Waals surface area contributed by atoms with E-state index in [1.54, 1.807) is 0 Å². The molecule has 0 fully saturated rings. The van der Waals surface area contributed by atoms with Gasteiger partial charge >= 0.3 is 0 Å². The lowest BCUT2D eigenvalue weighted by Gasteiger charge is -2.04. The van der Waals surface area contributed by atoms with Crippen LogP contribution in [0.1, 0.15) is 23.6 Å². The normalized spacial score (nSPS) is 10.2. The van der Waals surface area contributed by atoms with Gasteiger partial charge in [-0.05, 0) is 36.2 Å². The third kappa shape index (κ3) is 3.22. The number of hydrogen-bond donors (Lipinski definition) is 1. The number of benzene rings is 1. The van der Waals surface area contributed by atoms with Gasteiger partial charge in [0.25, 0.3) is 0 Å². The van der Waals surface area contributed by atoms with Crippen LogP contribution < -0.4 is 5.32 Å². The topological polar surface area (TPSA) is 40.8 Å². The van der Waals surface area contributed by atoms with Crippen molar-refractivity contribution in [1.29, 1.82) is 5.26 Å². The highest BCUT2D eigenvalue weighted by atomic mass is 14.9. The molecule has 18 heavy (non-hydrogen) atoms. The fourth-order valence-corrected chi connectivity index (χ4v) is 1.89. The summed E-state index contributed by atoms with van der Waals surface area (Å²) in [5.74, 6) is 0. The van der Waals surface area contributed by atoms with Gasteiger partial charge in [0.2, 0.25) is 0 Å². The quantitative estimate of drug-likeness (QED) is 0.871. The van der Waals surface area contributed by atoms with Crippen molar-refractivity contribution in [2.24, 2.45) is 0 Å². The molecule has 3 heteroatoms. The van der Waals surface area contributed by atoms with Gasteiger partial charge in [-0.3, -0.25) is 0 Å². The molecule has 0 atom stereocenters. The molecule has 0 spiro atoms. The Morgan fingerprint density at radius 2 is 2.06 bits per heavy atom. The highest BCUT2D eigenvalue weighted by Crippen LogP contribution is 2.05. The molecule has 1 heterocycles. The second-order valence-corrected chi connectivity index (χ2v) is 4.27. The molecule has 1 aromatic heterocycles. The van der Waals surface area contributed by atoms with E-state index >= 15 is 0 Å². The van der Waals surface area contributed by atoms with E-state index in [2.05, 4.69) is 41.3 Å². The molecule has 0 amide bonds. The van der Waals surface area contributed by atoms with Gasteiger partial charge in [0, 0.05) is 32.0 Å². The van der Waals surface area contributed by atoms with Crippen LogP contribution in [-0.2, 0) is 19.6 Å². The maximum atomic E-state index is 8.82. The van der Waals surface area contributed by atoms with Gasteiger partial charge in [0.1, 0.15) is 0 Å². The maximum Gasteiger partial charge on any atom is 0.0991 e. The summed E-state index contributed by atoms with van der Waals surface area (Å²) >= 11 is 0. The molecule has 0 aliphatic carbocycles. The summed E-state index contributed by atoms with van der Waals surface area (Å²) in [5.41, 5.74) is 3.14. The van der Waals surface area contributed by atoms with Gasteiger partial charge in [0.05, 0.1) is 11.6 Å². The summed E-state index contributed by atoms with van der Waals surface area (Å²) in [5, 5.41) is 12.2. The molecule has 92 valence electrons. The minimum atomic E-state index is 0.714. The molecule has 1 N–H and O–H groups in total. The van der Waals surface area contributed by atoms with Crippen molar-refractivity contribution < 1.29 is 0 Å². The zero-order valence-electron chi connectivity index (χ0n) is 10.6. The Morgan fingerprint density at radius 1 is 1.22 bits per heavy atom. The van der Waals surface area contributed by atoms with Gasteiger partial charge < -0.3 is 9.88 Å². The summed E-state index contributed by atoms with van der Waals surface area (Å²) in [6.07, 6.45) is 4.24. The summed E-state index contributed by atoms with van der Waals surface area (Å²) < 4.78 is 2.16. The first-order chi connectivity index (χ1) is 8.81. The minimum Gasteiger partial charge on any atom is -0.354 e. The van der Waals surface area contributed by atoms with Crippen LogP contribution in [-0.4, -0.2) is 4.57 Å². The largest absolute Gasteiger partial charge is 0.354 e. The van der Waals surface area contributed by atoms with E-state index in [9.17, 15) is 0 Å². The van der Waals surface area contributed by atoms with Crippen LogP contribution in [0.15, 0.2) is 42.7 Å². The van der Waals surface area contributed by atoms with Crippen molar-refractivity contribution in [2.45, 2.75) is 26.6 Å². The molecule has 0 saturated heterocycles. The molecule has 0 aliphatic rings. The average Bonchev–Trinajstić information content (AvgIpc) is 2.87. The van der Waals surface area contributed by atoms with Gasteiger partial charge in [0.15, 0.2) is 0 Å². The molecule has 0 bridgehead atoms. The second-order valence-electron chi connectivity index (χ2n) is 4.27. The Hall–Kier alpha value is -2.05. The second kappa shape index (κ2) is 6.04. The van der Waals surface area contributed by atoms with Crippen molar-refractivity contribution in [3.8, 4) is 6.07 Å². The summed E-state index contributed by atoms with van der Waals surface area (Å²) in [6.45, 7) is 4.77. The number of nitrogens with one attached hydrogen (secondary N) is 1. The van der Waals surface area contributed by atoms with Crippen molar-refractivity contribution in [3.63, 3.8) is 0 Å². The van der Waals surface area contributed by atoms with Crippen molar-refractivity contribution in [2.75, 3.05) is 0 Å². The Kier molecular flexibility index (Phi) is 4.16. The Balaban J connectivity index is 1.86. The highest BCUT2D eigenvalue weighted by molar-refractivity contribution is 5.32. The first kappa shape index (κ1) is 12.4. The van der Waals surface area contributed by atoms with Gasteiger partial charge in [-0.2, -0.15) is 5.26 Å². The molecule has 1 aromatic carbocycles. The Morgan fingerprint density at radius 3 is 2.78 bits per heavy atom. The average molecular weight is 239 g/mol. The van der Waals surface area contributed by atoms with E-state index in [1.807, 2.05) is 24.3 Å². The molecule has 0 radical (unpaired) electrons. The summed E-state index contributed by atoms with van der Waals surface area (Å²) in [4.78, 5) is 0. The van der Waals surface area contributed by atoms with E-state index in [4.69, 9.17) is 5.26 Å². The third-order valence-electron chi connectivity index (χ3n) is 2.89. The lowest BCUT2D eigenvalue weighted by atomic mass is 10.1. The van der Waals surface area contributed by atoms with Crippen molar-refractivity contribution >= 4 is 0 Å². The van der Waals surface area contributed by atoms with Crippen LogP contribution >= 0.6 is 0 Å². The monoisotopic (exact) mass is 239 g/mol. The van der Waals surface area contributed by atoms with Crippen LogP contribution in [0.25, 0.3) is 0 Å². The third-order valence-corrected chi connectivity index (χ3v) is 2.89. The number of hydrogen-bond acceptors (Lipinski definition) is 2. The van der Waals surface area contributed by atoms with E-state index < -0.39 is 0 Å². The van der Waals surface area contributed by atoms with Crippen LogP contribution in [0.4, 0.5) is 0 Å². The van der Waals surface area contributed by atoms with E-state index in [-0.39, 0.29) is 0 Å².